The zero-order valence-electron chi connectivity index (χ0n) is 21.2. The van der Waals surface area contributed by atoms with Crippen LogP contribution < -0.4 is 0 Å². The lowest BCUT2D eigenvalue weighted by Gasteiger charge is -2.59. The van der Waals surface area contributed by atoms with Crippen LogP contribution in [-0.4, -0.2) is 61.4 Å². The van der Waals surface area contributed by atoms with Crippen LogP contribution in [0.5, 0.6) is 0 Å². The van der Waals surface area contributed by atoms with Crippen molar-refractivity contribution in [1.29, 1.82) is 0 Å². The van der Waals surface area contributed by atoms with Crippen LogP contribution in [0, 0.1) is 28.1 Å². The maximum absolute atomic E-state index is 14.2. The van der Waals surface area contributed by atoms with Gasteiger partial charge in [-0.1, -0.05) is 27.2 Å². The summed E-state index contributed by atoms with van der Waals surface area (Å²) in [7, 11) is 0. The van der Waals surface area contributed by atoms with Gasteiger partial charge in [0.2, 0.25) is 5.78 Å². The normalized spacial score (nSPS) is 41.1. The van der Waals surface area contributed by atoms with Gasteiger partial charge < -0.3 is 18.9 Å². The average molecular weight is 505 g/mol. The number of ketones is 2. The van der Waals surface area contributed by atoms with Gasteiger partial charge in [0.25, 0.3) is 12.9 Å². The molecule has 0 aromatic rings. The third-order valence-electron chi connectivity index (χ3n) is 8.89. The minimum absolute atomic E-state index is 0.0189. The molecule has 10 nitrogen and oxygen atoms in total. The number of fused-ring (bicyclic) bond motifs is 2. The summed E-state index contributed by atoms with van der Waals surface area (Å²) < 4.78 is 21.9. The van der Waals surface area contributed by atoms with E-state index in [9.17, 15) is 28.8 Å². The summed E-state index contributed by atoms with van der Waals surface area (Å²) >= 11 is 0. The summed E-state index contributed by atoms with van der Waals surface area (Å²) in [4.78, 5) is 75.3. The Kier molecular flexibility index (Phi) is 6.37. The number of ether oxygens (including phenoxy) is 4. The topological polar surface area (TPSA) is 139 Å². The fourth-order valence-electron chi connectivity index (χ4n) is 7.53. The smallest absolute Gasteiger partial charge is 0.303 e. The quantitative estimate of drug-likeness (QED) is 0.287. The van der Waals surface area contributed by atoms with E-state index in [1.807, 2.05) is 13.8 Å². The van der Waals surface area contributed by atoms with Crippen molar-refractivity contribution in [3.63, 3.8) is 0 Å². The van der Waals surface area contributed by atoms with Crippen molar-refractivity contribution in [2.24, 2.45) is 28.1 Å². The highest BCUT2D eigenvalue weighted by Gasteiger charge is 2.74. The predicted molar refractivity (Wildman–Crippen MR) is 121 cm³/mol. The van der Waals surface area contributed by atoms with Crippen molar-refractivity contribution in [2.75, 3.05) is 6.61 Å². The molecule has 0 saturated heterocycles. The van der Waals surface area contributed by atoms with E-state index >= 15 is 0 Å². The Morgan fingerprint density at radius 1 is 1.03 bits per heavy atom. The molecule has 1 spiro atoms. The van der Waals surface area contributed by atoms with Gasteiger partial charge in [0.05, 0.1) is 12.0 Å². The Hall–Kier alpha value is -3.04. The van der Waals surface area contributed by atoms with E-state index in [0.717, 1.165) is 0 Å². The van der Waals surface area contributed by atoms with Gasteiger partial charge >= 0.3 is 11.9 Å². The number of rotatable bonds is 7. The van der Waals surface area contributed by atoms with E-state index in [1.54, 1.807) is 6.92 Å². The highest BCUT2D eigenvalue weighted by molar-refractivity contribution is 6.20. The fraction of sp³-hybridized carbons (Fsp3) is 0.692. The lowest BCUT2D eigenvalue weighted by molar-refractivity contribution is -0.191. The Balaban J connectivity index is 2.00. The Morgan fingerprint density at radius 2 is 1.67 bits per heavy atom. The van der Waals surface area contributed by atoms with Crippen LogP contribution in [0.4, 0.5) is 0 Å². The summed E-state index contributed by atoms with van der Waals surface area (Å²) in [6.07, 6.45) is -1.69. The van der Waals surface area contributed by atoms with E-state index < -0.39 is 64.0 Å². The van der Waals surface area contributed by atoms with Gasteiger partial charge in [-0.05, 0) is 25.2 Å². The van der Waals surface area contributed by atoms with E-state index in [1.165, 1.54) is 13.8 Å². The van der Waals surface area contributed by atoms with Gasteiger partial charge in [0.1, 0.15) is 6.10 Å². The standard InChI is InChI=1S/C26H32O10/c1-13-9-26(13)22(32)16-17(18(31)23(26)36-15(3)30)25(5)8-6-7-24(4,10-33-11-27)21(25)20(35-14(2)29)19(16)34-12-28/h11-13,19-21,23H,6-10H2,1-5H3/t13-,19-,20+,21-,23-,24+,25+,26-/m0/s1. The molecule has 0 heterocycles. The molecule has 2 saturated carbocycles. The van der Waals surface area contributed by atoms with Gasteiger partial charge in [-0.15, -0.1) is 0 Å². The molecule has 0 aromatic heterocycles. The zero-order valence-corrected chi connectivity index (χ0v) is 21.2. The van der Waals surface area contributed by atoms with Crippen molar-refractivity contribution in [3.8, 4) is 0 Å². The first-order valence-electron chi connectivity index (χ1n) is 12.2. The highest BCUT2D eigenvalue weighted by atomic mass is 16.6. The van der Waals surface area contributed by atoms with Crippen molar-refractivity contribution in [1.82, 2.24) is 0 Å². The van der Waals surface area contributed by atoms with E-state index in [2.05, 4.69) is 0 Å². The molecule has 10 heteroatoms. The van der Waals surface area contributed by atoms with E-state index in [4.69, 9.17) is 18.9 Å². The van der Waals surface area contributed by atoms with E-state index in [-0.39, 0.29) is 30.1 Å². The Morgan fingerprint density at radius 3 is 2.19 bits per heavy atom. The second kappa shape index (κ2) is 8.81. The van der Waals surface area contributed by atoms with Crippen LogP contribution in [0.2, 0.25) is 0 Å². The third kappa shape index (κ3) is 3.59. The minimum Gasteiger partial charge on any atom is -0.467 e. The second-order valence-electron chi connectivity index (χ2n) is 11.2. The minimum atomic E-state index is -1.33. The highest BCUT2D eigenvalue weighted by Crippen LogP contribution is 2.67. The van der Waals surface area contributed by atoms with Crippen LogP contribution in [0.1, 0.15) is 60.3 Å². The number of carbonyl (C=O) groups is 6. The fourth-order valence-corrected chi connectivity index (χ4v) is 7.53. The number of carbonyl (C=O) groups excluding carboxylic acids is 6. The van der Waals surface area contributed by atoms with Crippen molar-refractivity contribution < 1.29 is 47.7 Å². The first-order chi connectivity index (χ1) is 16.9. The molecule has 0 N–H and O–H groups in total. The molecule has 4 aliphatic rings. The molecule has 8 atom stereocenters. The monoisotopic (exact) mass is 504 g/mol. The molecule has 0 bridgehead atoms. The molecule has 4 aliphatic carbocycles. The summed E-state index contributed by atoms with van der Waals surface area (Å²) in [6, 6.07) is 0. The first kappa shape index (κ1) is 26.0. The maximum atomic E-state index is 14.2. The summed E-state index contributed by atoms with van der Waals surface area (Å²) in [5.74, 6) is -3.11. The maximum Gasteiger partial charge on any atom is 0.303 e. The SMILES string of the molecule is CC(=O)O[C@@H]1[C@@H](OC=O)C2=C(C(=O)[C@H](OC(C)=O)[C@]3(C[C@@H]3C)C2=O)[C@@]2(C)CCC[C@](C)(COC=O)[C@H]12. The van der Waals surface area contributed by atoms with Crippen LogP contribution >= 0.6 is 0 Å². The Bertz CT molecular complexity index is 1060. The van der Waals surface area contributed by atoms with Gasteiger partial charge in [-0.25, -0.2) is 0 Å². The van der Waals surface area contributed by atoms with Crippen LogP contribution in [-0.2, 0) is 47.7 Å². The van der Waals surface area contributed by atoms with Crippen molar-refractivity contribution in [3.05, 3.63) is 11.1 Å². The van der Waals surface area contributed by atoms with Crippen LogP contribution in [0.3, 0.4) is 0 Å². The summed E-state index contributed by atoms with van der Waals surface area (Å²) in [5, 5.41) is 0. The molecule has 0 radical (unpaired) electrons. The summed E-state index contributed by atoms with van der Waals surface area (Å²) in [5.41, 5.74) is -2.86. The average Bonchev–Trinajstić information content (AvgIpc) is 3.46. The summed E-state index contributed by atoms with van der Waals surface area (Å²) in [6.45, 7) is 8.37. The van der Waals surface area contributed by atoms with Gasteiger partial charge in [0.15, 0.2) is 18.0 Å². The van der Waals surface area contributed by atoms with Crippen molar-refractivity contribution >= 4 is 36.4 Å². The molecule has 0 unspecified atom stereocenters. The molecular weight excluding hydrogens is 472 g/mol. The molecule has 36 heavy (non-hydrogen) atoms. The molecule has 4 rings (SSSR count). The molecule has 196 valence electrons. The lowest BCUT2D eigenvalue weighted by atomic mass is 9.46. The third-order valence-corrected chi connectivity index (χ3v) is 8.89. The van der Waals surface area contributed by atoms with Gasteiger partial charge in [-0.3, -0.25) is 28.8 Å². The largest absolute Gasteiger partial charge is 0.467 e. The number of hydrogen-bond acceptors (Lipinski definition) is 10. The van der Waals surface area contributed by atoms with Gasteiger partial charge in [0, 0.05) is 41.7 Å². The Labute approximate surface area is 209 Å². The molecule has 0 amide bonds. The lowest BCUT2D eigenvalue weighted by Crippen LogP contribution is -2.65. The first-order valence-corrected chi connectivity index (χ1v) is 12.2. The van der Waals surface area contributed by atoms with Gasteiger partial charge in [-0.2, -0.15) is 0 Å². The van der Waals surface area contributed by atoms with E-state index in [0.29, 0.717) is 32.2 Å². The van der Waals surface area contributed by atoms with Crippen molar-refractivity contribution in [2.45, 2.75) is 78.6 Å². The second-order valence-corrected chi connectivity index (χ2v) is 11.2. The molecular formula is C26H32O10. The van der Waals surface area contributed by atoms with Crippen LogP contribution in [0.25, 0.3) is 0 Å². The number of esters is 2. The molecule has 2 fully saturated rings. The number of hydrogen-bond donors (Lipinski definition) is 0. The number of Topliss-reactive ketones (excluding diaryl/α,β-unsaturated/α-hetero) is 2. The predicted octanol–water partition coefficient (Wildman–Crippen LogP) is 1.87. The molecule has 0 aromatic carbocycles. The zero-order chi connectivity index (χ0) is 26.6. The van der Waals surface area contributed by atoms with Crippen LogP contribution in [0.15, 0.2) is 11.1 Å². The molecule has 0 aliphatic heterocycles.